The van der Waals surface area contributed by atoms with Gasteiger partial charge in [-0.15, -0.1) is 0 Å². The SMILES string of the molecule is Cc1ccc(-n2nc(C=O)cc2-c2ccccn2)cn1. The van der Waals surface area contributed by atoms with E-state index in [-0.39, 0.29) is 0 Å². The number of rotatable bonds is 3. The predicted octanol–water partition coefficient (Wildman–Crippen LogP) is 2.45. The Balaban J connectivity index is 2.17. The fourth-order valence-electron chi connectivity index (χ4n) is 1.94. The molecular weight excluding hydrogens is 252 g/mol. The second-order valence-corrected chi connectivity index (χ2v) is 4.36. The Morgan fingerprint density at radius 2 is 2.05 bits per heavy atom. The summed E-state index contributed by atoms with van der Waals surface area (Å²) in [7, 11) is 0. The topological polar surface area (TPSA) is 60.7 Å². The van der Waals surface area contributed by atoms with Crippen LogP contribution >= 0.6 is 0 Å². The molecule has 3 aromatic heterocycles. The van der Waals surface area contributed by atoms with Crippen LogP contribution in [0.15, 0.2) is 48.8 Å². The molecule has 0 aliphatic rings. The van der Waals surface area contributed by atoms with Crippen LogP contribution in [0.2, 0.25) is 0 Å². The molecule has 0 spiro atoms. The van der Waals surface area contributed by atoms with Crippen LogP contribution in [0.4, 0.5) is 0 Å². The Labute approximate surface area is 115 Å². The van der Waals surface area contributed by atoms with Gasteiger partial charge in [0, 0.05) is 11.9 Å². The molecule has 3 aromatic rings. The van der Waals surface area contributed by atoms with Crippen molar-refractivity contribution < 1.29 is 4.79 Å². The Kier molecular flexibility index (Phi) is 3.09. The summed E-state index contributed by atoms with van der Waals surface area (Å²) < 4.78 is 1.68. The molecular formula is C15H12N4O. The number of nitrogens with zero attached hydrogens (tertiary/aromatic N) is 4. The van der Waals surface area contributed by atoms with Crippen molar-refractivity contribution in [3.8, 4) is 17.1 Å². The van der Waals surface area contributed by atoms with Gasteiger partial charge in [0.25, 0.3) is 0 Å². The van der Waals surface area contributed by atoms with Crippen LogP contribution in [-0.4, -0.2) is 26.0 Å². The molecule has 0 saturated heterocycles. The number of carbonyl (C=O) groups excluding carboxylic acids is 1. The van der Waals surface area contributed by atoms with Gasteiger partial charge in [0.1, 0.15) is 5.69 Å². The fourth-order valence-corrected chi connectivity index (χ4v) is 1.94. The third kappa shape index (κ3) is 2.21. The van der Waals surface area contributed by atoms with Crippen LogP contribution in [0.5, 0.6) is 0 Å². The lowest BCUT2D eigenvalue weighted by Crippen LogP contribution is -2.01. The molecule has 0 aliphatic carbocycles. The van der Waals surface area contributed by atoms with E-state index >= 15 is 0 Å². The molecule has 0 aliphatic heterocycles. The van der Waals surface area contributed by atoms with Crippen molar-refractivity contribution in [2.24, 2.45) is 0 Å². The number of hydrogen-bond acceptors (Lipinski definition) is 4. The molecule has 5 heteroatoms. The second kappa shape index (κ2) is 5.05. The zero-order valence-corrected chi connectivity index (χ0v) is 10.9. The summed E-state index contributed by atoms with van der Waals surface area (Å²) in [5, 5.41) is 4.27. The van der Waals surface area contributed by atoms with Crippen LogP contribution in [0.1, 0.15) is 16.2 Å². The number of carbonyl (C=O) groups is 1. The van der Waals surface area contributed by atoms with Gasteiger partial charge < -0.3 is 0 Å². The summed E-state index contributed by atoms with van der Waals surface area (Å²) >= 11 is 0. The first-order valence-electron chi connectivity index (χ1n) is 6.17. The summed E-state index contributed by atoms with van der Waals surface area (Å²) in [5.74, 6) is 0. The van der Waals surface area contributed by atoms with Gasteiger partial charge in [-0.3, -0.25) is 14.8 Å². The van der Waals surface area contributed by atoms with E-state index < -0.39 is 0 Å². The van der Waals surface area contributed by atoms with E-state index in [9.17, 15) is 4.79 Å². The van der Waals surface area contributed by atoms with Crippen molar-refractivity contribution in [1.82, 2.24) is 19.7 Å². The van der Waals surface area contributed by atoms with Gasteiger partial charge in [-0.25, -0.2) is 4.68 Å². The summed E-state index contributed by atoms with van der Waals surface area (Å²) in [5.41, 5.74) is 3.61. The number of aryl methyl sites for hydroxylation is 1. The smallest absolute Gasteiger partial charge is 0.170 e. The van der Waals surface area contributed by atoms with Gasteiger partial charge >= 0.3 is 0 Å². The Morgan fingerprint density at radius 3 is 2.70 bits per heavy atom. The van der Waals surface area contributed by atoms with Crippen LogP contribution in [0.3, 0.4) is 0 Å². The van der Waals surface area contributed by atoms with Gasteiger partial charge in [0.2, 0.25) is 0 Å². The van der Waals surface area contributed by atoms with Crippen molar-refractivity contribution >= 4 is 6.29 Å². The normalized spacial score (nSPS) is 10.4. The molecule has 0 aromatic carbocycles. The highest BCUT2D eigenvalue weighted by molar-refractivity contribution is 5.75. The van der Waals surface area contributed by atoms with Crippen LogP contribution < -0.4 is 0 Å². The summed E-state index contributed by atoms with van der Waals surface area (Å²) in [6.45, 7) is 1.92. The van der Waals surface area contributed by atoms with Gasteiger partial charge in [0.15, 0.2) is 6.29 Å². The third-order valence-corrected chi connectivity index (χ3v) is 2.92. The average molecular weight is 264 g/mol. The van der Waals surface area contributed by atoms with Crippen molar-refractivity contribution in [1.29, 1.82) is 0 Å². The molecule has 3 rings (SSSR count). The van der Waals surface area contributed by atoms with Gasteiger partial charge in [0.05, 0.1) is 23.3 Å². The highest BCUT2D eigenvalue weighted by Crippen LogP contribution is 2.21. The third-order valence-electron chi connectivity index (χ3n) is 2.92. The molecule has 98 valence electrons. The Bertz CT molecular complexity index is 732. The quantitative estimate of drug-likeness (QED) is 0.682. The van der Waals surface area contributed by atoms with E-state index in [4.69, 9.17) is 0 Å². The molecule has 0 bridgehead atoms. The minimum atomic E-state index is 0.367. The minimum Gasteiger partial charge on any atom is -0.296 e. The highest BCUT2D eigenvalue weighted by atomic mass is 16.1. The molecule has 0 saturated carbocycles. The summed E-state index contributed by atoms with van der Waals surface area (Å²) in [4.78, 5) is 19.5. The maximum Gasteiger partial charge on any atom is 0.170 e. The molecule has 0 atom stereocenters. The van der Waals surface area contributed by atoms with Gasteiger partial charge in [-0.2, -0.15) is 5.10 Å². The first kappa shape index (κ1) is 12.2. The lowest BCUT2D eigenvalue weighted by molar-refractivity contribution is 0.111. The number of pyridine rings is 2. The van der Waals surface area contributed by atoms with Crippen molar-refractivity contribution in [3.63, 3.8) is 0 Å². The van der Waals surface area contributed by atoms with Crippen LogP contribution in [0.25, 0.3) is 17.1 Å². The van der Waals surface area contributed by atoms with E-state index in [0.717, 1.165) is 29.1 Å². The van der Waals surface area contributed by atoms with Gasteiger partial charge in [-0.05, 0) is 37.3 Å². The average Bonchev–Trinajstić information content (AvgIpc) is 2.93. The standard InChI is InChI=1S/C15H12N4O/c1-11-5-6-13(9-17-11)19-15(8-12(10-20)18-19)14-4-2-3-7-16-14/h2-10H,1H3. The number of aromatic nitrogens is 4. The zero-order chi connectivity index (χ0) is 13.9. The second-order valence-electron chi connectivity index (χ2n) is 4.36. The maximum atomic E-state index is 11.0. The zero-order valence-electron chi connectivity index (χ0n) is 10.9. The predicted molar refractivity (Wildman–Crippen MR) is 74.7 cm³/mol. The van der Waals surface area contributed by atoms with Crippen molar-refractivity contribution in [2.75, 3.05) is 0 Å². The minimum absolute atomic E-state index is 0.367. The van der Waals surface area contributed by atoms with E-state index in [0.29, 0.717) is 5.69 Å². The Hall–Kier alpha value is -2.82. The van der Waals surface area contributed by atoms with Crippen LogP contribution in [-0.2, 0) is 0 Å². The monoisotopic (exact) mass is 264 g/mol. The number of hydrogen-bond donors (Lipinski definition) is 0. The number of aldehydes is 1. The molecule has 0 fully saturated rings. The molecule has 5 nitrogen and oxygen atoms in total. The van der Waals surface area contributed by atoms with Gasteiger partial charge in [-0.1, -0.05) is 6.07 Å². The largest absolute Gasteiger partial charge is 0.296 e. The van der Waals surface area contributed by atoms with Crippen molar-refractivity contribution in [3.05, 3.63) is 60.2 Å². The highest BCUT2D eigenvalue weighted by Gasteiger charge is 2.12. The molecule has 0 unspecified atom stereocenters. The molecule has 0 N–H and O–H groups in total. The lowest BCUT2D eigenvalue weighted by Gasteiger charge is -2.06. The van der Waals surface area contributed by atoms with Crippen molar-refractivity contribution in [2.45, 2.75) is 6.92 Å². The van der Waals surface area contributed by atoms with E-state index in [2.05, 4.69) is 15.1 Å². The molecule has 3 heterocycles. The fraction of sp³-hybridized carbons (Fsp3) is 0.0667. The van der Waals surface area contributed by atoms with E-state index in [1.165, 1.54) is 0 Å². The first-order chi connectivity index (χ1) is 9.78. The molecule has 0 radical (unpaired) electrons. The van der Waals surface area contributed by atoms with E-state index in [1.54, 1.807) is 23.1 Å². The lowest BCUT2D eigenvalue weighted by atomic mass is 10.2. The Morgan fingerprint density at radius 1 is 1.15 bits per heavy atom. The first-order valence-corrected chi connectivity index (χ1v) is 6.17. The molecule has 0 amide bonds. The van der Waals surface area contributed by atoms with Crippen LogP contribution in [0, 0.1) is 6.92 Å². The summed E-state index contributed by atoms with van der Waals surface area (Å²) in [6, 6.07) is 11.2. The van der Waals surface area contributed by atoms with E-state index in [1.807, 2.05) is 37.3 Å². The molecule has 20 heavy (non-hydrogen) atoms. The maximum absolute atomic E-state index is 11.0. The summed E-state index contributed by atoms with van der Waals surface area (Å²) in [6.07, 6.45) is 4.16.